The molecule has 0 saturated heterocycles. The van der Waals surface area contributed by atoms with E-state index in [0.717, 1.165) is 5.56 Å². The number of hydrogen-bond donors (Lipinski definition) is 2. The molecule has 0 bridgehead atoms. The molecule has 0 amide bonds. The summed E-state index contributed by atoms with van der Waals surface area (Å²) in [5.74, 6) is 6.15. The molecule has 0 aliphatic rings. The maximum atomic E-state index is 8.97. The summed E-state index contributed by atoms with van der Waals surface area (Å²) in [7, 11) is 1.85. The van der Waals surface area contributed by atoms with E-state index in [2.05, 4.69) is 17.2 Å². The van der Waals surface area contributed by atoms with Crippen LogP contribution in [-0.2, 0) is 0 Å². The summed E-state index contributed by atoms with van der Waals surface area (Å²) >= 11 is 0. The van der Waals surface area contributed by atoms with E-state index in [9.17, 15) is 0 Å². The van der Waals surface area contributed by atoms with Crippen LogP contribution in [0.5, 0.6) is 5.75 Å². The van der Waals surface area contributed by atoms with E-state index in [1.54, 1.807) is 24.3 Å². The zero-order valence-electron chi connectivity index (χ0n) is 6.96. The van der Waals surface area contributed by atoms with Gasteiger partial charge in [0, 0.05) is 5.56 Å². The molecule has 1 aromatic carbocycles. The highest BCUT2D eigenvalue weighted by Crippen LogP contribution is 2.07. The molecule has 2 nitrogen and oxygen atoms in total. The van der Waals surface area contributed by atoms with E-state index in [-0.39, 0.29) is 5.75 Å². The van der Waals surface area contributed by atoms with E-state index >= 15 is 0 Å². The first kappa shape index (κ1) is 8.63. The molecule has 0 fully saturated rings. The van der Waals surface area contributed by atoms with Gasteiger partial charge >= 0.3 is 0 Å². The highest BCUT2D eigenvalue weighted by molar-refractivity contribution is 5.37. The van der Waals surface area contributed by atoms with Crippen molar-refractivity contribution in [3.8, 4) is 17.6 Å². The first-order valence-electron chi connectivity index (χ1n) is 3.75. The smallest absolute Gasteiger partial charge is 0.115 e. The predicted molar refractivity (Wildman–Crippen MR) is 48.9 cm³/mol. The Hall–Kier alpha value is -1.46. The molecule has 2 N–H and O–H groups in total. The summed E-state index contributed by atoms with van der Waals surface area (Å²) < 4.78 is 0. The van der Waals surface area contributed by atoms with E-state index < -0.39 is 0 Å². The average molecular weight is 161 g/mol. The standard InChI is InChI=1S/C10H11NO/c1-11-8-2-3-9-4-6-10(12)7-5-9/h4-7,11-12H,8H2,1H3. The van der Waals surface area contributed by atoms with Crippen LogP contribution in [0.15, 0.2) is 24.3 Å². The van der Waals surface area contributed by atoms with Crippen LogP contribution in [0.1, 0.15) is 5.56 Å². The van der Waals surface area contributed by atoms with Crippen LogP contribution in [0.25, 0.3) is 0 Å². The molecule has 1 rings (SSSR count). The second-order valence-corrected chi connectivity index (χ2v) is 2.38. The molecule has 1 aromatic rings. The Bertz CT molecular complexity index is 292. The SMILES string of the molecule is CNCC#Cc1ccc(O)cc1. The number of phenolic OH excluding ortho intramolecular Hbond substituents is 1. The van der Waals surface area contributed by atoms with Crippen molar-refractivity contribution in [2.75, 3.05) is 13.6 Å². The lowest BCUT2D eigenvalue weighted by molar-refractivity contribution is 0.475. The third kappa shape index (κ3) is 2.65. The maximum Gasteiger partial charge on any atom is 0.115 e. The van der Waals surface area contributed by atoms with Gasteiger partial charge in [-0.05, 0) is 31.3 Å². The molecule has 62 valence electrons. The van der Waals surface area contributed by atoms with Gasteiger partial charge in [-0.3, -0.25) is 0 Å². The van der Waals surface area contributed by atoms with Gasteiger partial charge in [0.25, 0.3) is 0 Å². The van der Waals surface area contributed by atoms with Crippen molar-refractivity contribution >= 4 is 0 Å². The summed E-state index contributed by atoms with van der Waals surface area (Å²) in [6.45, 7) is 0.681. The van der Waals surface area contributed by atoms with Crippen LogP contribution in [0.2, 0.25) is 0 Å². The van der Waals surface area contributed by atoms with Gasteiger partial charge in [-0.2, -0.15) is 0 Å². The lowest BCUT2D eigenvalue weighted by Gasteiger charge is -1.90. The predicted octanol–water partition coefficient (Wildman–Crippen LogP) is 0.963. The van der Waals surface area contributed by atoms with Gasteiger partial charge in [-0.25, -0.2) is 0 Å². The molecule has 0 unspecified atom stereocenters. The fourth-order valence-corrected chi connectivity index (χ4v) is 0.779. The molecular formula is C10H11NO. The van der Waals surface area contributed by atoms with Crippen molar-refractivity contribution in [2.24, 2.45) is 0 Å². The van der Waals surface area contributed by atoms with Crippen LogP contribution in [0, 0.1) is 11.8 Å². The minimum Gasteiger partial charge on any atom is -0.508 e. The Morgan fingerprint density at radius 2 is 2.00 bits per heavy atom. The van der Waals surface area contributed by atoms with Crippen molar-refractivity contribution in [3.05, 3.63) is 29.8 Å². The number of hydrogen-bond acceptors (Lipinski definition) is 2. The lowest BCUT2D eigenvalue weighted by Crippen LogP contribution is -2.04. The van der Waals surface area contributed by atoms with Gasteiger partial charge in [-0.1, -0.05) is 11.8 Å². The van der Waals surface area contributed by atoms with Gasteiger partial charge in [-0.15, -0.1) is 0 Å². The maximum absolute atomic E-state index is 8.97. The molecule has 0 spiro atoms. The monoisotopic (exact) mass is 161 g/mol. The first-order chi connectivity index (χ1) is 5.83. The summed E-state index contributed by atoms with van der Waals surface area (Å²) in [5, 5.41) is 11.9. The Morgan fingerprint density at radius 3 is 2.58 bits per heavy atom. The van der Waals surface area contributed by atoms with Crippen LogP contribution < -0.4 is 5.32 Å². The molecule has 2 heteroatoms. The van der Waals surface area contributed by atoms with Crippen molar-refractivity contribution in [1.82, 2.24) is 5.32 Å². The molecule has 0 saturated carbocycles. The Labute approximate surface area is 72.2 Å². The number of benzene rings is 1. The van der Waals surface area contributed by atoms with Gasteiger partial charge in [0.15, 0.2) is 0 Å². The summed E-state index contributed by atoms with van der Waals surface area (Å²) in [5.41, 5.74) is 0.919. The number of rotatable bonds is 1. The van der Waals surface area contributed by atoms with Crippen molar-refractivity contribution in [2.45, 2.75) is 0 Å². The normalized spacial score (nSPS) is 8.75. The minimum atomic E-state index is 0.272. The molecule has 0 aliphatic carbocycles. The van der Waals surface area contributed by atoms with Crippen LogP contribution in [-0.4, -0.2) is 18.7 Å². The van der Waals surface area contributed by atoms with E-state index in [1.807, 2.05) is 7.05 Å². The van der Waals surface area contributed by atoms with Crippen LogP contribution in [0.3, 0.4) is 0 Å². The van der Waals surface area contributed by atoms with E-state index in [1.165, 1.54) is 0 Å². The fraction of sp³-hybridized carbons (Fsp3) is 0.200. The molecule has 0 heterocycles. The van der Waals surface area contributed by atoms with Gasteiger partial charge < -0.3 is 10.4 Å². The van der Waals surface area contributed by atoms with Crippen molar-refractivity contribution < 1.29 is 5.11 Å². The molecule has 12 heavy (non-hydrogen) atoms. The molecule has 0 aromatic heterocycles. The first-order valence-corrected chi connectivity index (χ1v) is 3.75. The second-order valence-electron chi connectivity index (χ2n) is 2.38. The van der Waals surface area contributed by atoms with Crippen molar-refractivity contribution in [1.29, 1.82) is 0 Å². The molecule has 0 radical (unpaired) electrons. The summed E-state index contributed by atoms with van der Waals surface area (Å²) in [6, 6.07) is 6.84. The highest BCUT2D eigenvalue weighted by Gasteiger charge is 1.86. The van der Waals surface area contributed by atoms with Gasteiger partial charge in [0.05, 0.1) is 6.54 Å². The molecular weight excluding hydrogens is 150 g/mol. The molecule has 0 aliphatic heterocycles. The van der Waals surface area contributed by atoms with E-state index in [4.69, 9.17) is 5.11 Å². The van der Waals surface area contributed by atoms with Gasteiger partial charge in [0.1, 0.15) is 5.75 Å². The topological polar surface area (TPSA) is 32.3 Å². The fourth-order valence-electron chi connectivity index (χ4n) is 0.779. The quantitative estimate of drug-likeness (QED) is 0.601. The van der Waals surface area contributed by atoms with Crippen LogP contribution >= 0.6 is 0 Å². The summed E-state index contributed by atoms with van der Waals surface area (Å²) in [6.07, 6.45) is 0. The second kappa shape index (κ2) is 4.42. The Balaban J connectivity index is 2.66. The molecule has 0 atom stereocenters. The zero-order valence-corrected chi connectivity index (χ0v) is 6.96. The Morgan fingerprint density at radius 1 is 1.33 bits per heavy atom. The Kier molecular flexibility index (Phi) is 3.18. The minimum absolute atomic E-state index is 0.272. The number of aromatic hydroxyl groups is 1. The highest BCUT2D eigenvalue weighted by atomic mass is 16.3. The number of nitrogens with one attached hydrogen (secondary N) is 1. The van der Waals surface area contributed by atoms with E-state index in [0.29, 0.717) is 6.54 Å². The van der Waals surface area contributed by atoms with Crippen LogP contribution in [0.4, 0.5) is 0 Å². The zero-order chi connectivity index (χ0) is 8.81. The van der Waals surface area contributed by atoms with Crippen molar-refractivity contribution in [3.63, 3.8) is 0 Å². The largest absolute Gasteiger partial charge is 0.508 e. The third-order valence-electron chi connectivity index (χ3n) is 1.37. The number of phenols is 1. The van der Waals surface area contributed by atoms with Gasteiger partial charge in [0.2, 0.25) is 0 Å². The summed E-state index contributed by atoms with van der Waals surface area (Å²) in [4.78, 5) is 0. The lowest BCUT2D eigenvalue weighted by atomic mass is 10.2. The average Bonchev–Trinajstić information content (AvgIpc) is 2.09. The third-order valence-corrected chi connectivity index (χ3v) is 1.37.